The van der Waals surface area contributed by atoms with Crippen molar-refractivity contribution in [2.45, 2.75) is 25.9 Å². The molecule has 1 saturated heterocycles. The van der Waals surface area contributed by atoms with Crippen LogP contribution in [0.25, 0.3) is 0 Å². The lowest BCUT2D eigenvalue weighted by Crippen LogP contribution is -2.43. The average Bonchev–Trinajstić information content (AvgIpc) is 3.29. The van der Waals surface area contributed by atoms with Gasteiger partial charge >= 0.3 is 0 Å². The van der Waals surface area contributed by atoms with Crippen LogP contribution in [0.3, 0.4) is 0 Å². The van der Waals surface area contributed by atoms with Crippen LogP contribution in [0, 0.1) is 13.8 Å². The molecular weight excluding hydrogens is 414 g/mol. The molecule has 0 aliphatic carbocycles. The van der Waals surface area contributed by atoms with Gasteiger partial charge in [-0.15, -0.1) is 0 Å². The zero-order chi connectivity index (χ0) is 23.0. The number of rotatable bonds is 6. The Kier molecular flexibility index (Phi) is 5.52. The van der Waals surface area contributed by atoms with Crippen molar-refractivity contribution in [2.24, 2.45) is 10.3 Å². The van der Waals surface area contributed by atoms with E-state index in [-0.39, 0.29) is 12.5 Å². The molecule has 1 N–H and O–H groups in total. The van der Waals surface area contributed by atoms with Gasteiger partial charge in [-0.3, -0.25) is 19.4 Å². The van der Waals surface area contributed by atoms with E-state index < -0.39 is 23.9 Å². The van der Waals surface area contributed by atoms with E-state index in [2.05, 4.69) is 15.7 Å². The van der Waals surface area contributed by atoms with Crippen molar-refractivity contribution < 1.29 is 23.9 Å². The predicted molar refractivity (Wildman–Crippen MR) is 116 cm³/mol. The minimum atomic E-state index is -0.997. The van der Waals surface area contributed by atoms with Crippen molar-refractivity contribution in [2.75, 3.05) is 31.0 Å². The quantitative estimate of drug-likeness (QED) is 0.694. The Morgan fingerprint density at radius 3 is 2.38 bits per heavy atom. The van der Waals surface area contributed by atoms with Crippen molar-refractivity contribution in [3.63, 3.8) is 0 Å². The SMILES string of the molecule is COc1ccc(N2C(=O)C3N=NN(CC(=O)Nc4c(C)cccc4C)C3C2=O)cc1OC. The third-order valence-corrected chi connectivity index (χ3v) is 5.53. The van der Waals surface area contributed by atoms with Gasteiger partial charge in [0.25, 0.3) is 11.8 Å². The molecule has 2 atom stereocenters. The number of nitrogens with zero attached hydrogens (tertiary/aromatic N) is 4. The molecule has 2 aromatic carbocycles. The molecule has 0 spiro atoms. The van der Waals surface area contributed by atoms with Crippen LogP contribution >= 0.6 is 0 Å². The summed E-state index contributed by atoms with van der Waals surface area (Å²) in [5.41, 5.74) is 2.89. The van der Waals surface area contributed by atoms with Gasteiger partial charge in [0.05, 0.1) is 19.9 Å². The summed E-state index contributed by atoms with van der Waals surface area (Å²) in [6.07, 6.45) is 0. The first-order chi connectivity index (χ1) is 15.3. The molecular formula is C22H23N5O5. The smallest absolute Gasteiger partial charge is 0.263 e. The Labute approximate surface area is 184 Å². The van der Waals surface area contributed by atoms with Crippen LogP contribution < -0.4 is 19.7 Å². The lowest BCUT2D eigenvalue weighted by Gasteiger charge is -2.21. The standard InChI is InChI=1S/C22H23N5O5/c1-12-6-5-7-13(2)18(12)23-17(28)11-26-20-19(24-25-26)21(29)27(22(20)30)14-8-9-15(31-3)16(10-14)32-4/h5-10,19-20H,11H2,1-4H3,(H,23,28). The van der Waals surface area contributed by atoms with Gasteiger partial charge in [-0.1, -0.05) is 23.4 Å². The van der Waals surface area contributed by atoms with Crippen LogP contribution in [0.4, 0.5) is 11.4 Å². The van der Waals surface area contributed by atoms with Crippen LogP contribution in [-0.2, 0) is 14.4 Å². The van der Waals surface area contributed by atoms with Gasteiger partial charge in [0, 0.05) is 11.8 Å². The van der Waals surface area contributed by atoms with Crippen LogP contribution in [0.15, 0.2) is 46.7 Å². The lowest BCUT2D eigenvalue weighted by atomic mass is 10.1. The Hall–Kier alpha value is -3.95. The molecule has 4 rings (SSSR count). The number of anilines is 2. The van der Waals surface area contributed by atoms with E-state index in [0.717, 1.165) is 16.0 Å². The maximum Gasteiger partial charge on any atom is 0.263 e. The molecule has 2 heterocycles. The summed E-state index contributed by atoms with van der Waals surface area (Å²) in [5.74, 6) is -0.508. The molecule has 2 unspecified atom stereocenters. The molecule has 2 aromatic rings. The highest BCUT2D eigenvalue weighted by Crippen LogP contribution is 2.36. The second-order valence-corrected chi connectivity index (χ2v) is 7.56. The van der Waals surface area contributed by atoms with Crippen molar-refractivity contribution >= 4 is 29.1 Å². The van der Waals surface area contributed by atoms with E-state index in [4.69, 9.17) is 9.47 Å². The topological polar surface area (TPSA) is 113 Å². The summed E-state index contributed by atoms with van der Waals surface area (Å²) in [5, 5.41) is 12.0. The molecule has 2 aliphatic heterocycles. The number of methoxy groups -OCH3 is 2. The number of imide groups is 1. The second-order valence-electron chi connectivity index (χ2n) is 7.56. The summed E-state index contributed by atoms with van der Waals surface area (Å²) < 4.78 is 10.5. The van der Waals surface area contributed by atoms with Crippen molar-refractivity contribution in [3.8, 4) is 11.5 Å². The summed E-state index contributed by atoms with van der Waals surface area (Å²) in [7, 11) is 2.96. The third-order valence-electron chi connectivity index (χ3n) is 5.53. The molecule has 3 amide bonds. The fourth-order valence-corrected chi connectivity index (χ4v) is 3.91. The van der Waals surface area contributed by atoms with E-state index >= 15 is 0 Å². The van der Waals surface area contributed by atoms with Crippen molar-refractivity contribution in [1.82, 2.24) is 5.01 Å². The van der Waals surface area contributed by atoms with Gasteiger partial charge in [-0.2, -0.15) is 5.11 Å². The minimum absolute atomic E-state index is 0.211. The molecule has 0 saturated carbocycles. The van der Waals surface area contributed by atoms with Crippen LogP contribution in [0.2, 0.25) is 0 Å². The zero-order valence-corrected chi connectivity index (χ0v) is 18.2. The molecule has 0 bridgehead atoms. The molecule has 32 heavy (non-hydrogen) atoms. The number of hydrogen-bond donors (Lipinski definition) is 1. The Morgan fingerprint density at radius 2 is 1.72 bits per heavy atom. The van der Waals surface area contributed by atoms with Crippen LogP contribution in [0.5, 0.6) is 11.5 Å². The van der Waals surface area contributed by atoms with Crippen LogP contribution in [-0.4, -0.2) is 55.6 Å². The van der Waals surface area contributed by atoms with E-state index in [1.54, 1.807) is 18.2 Å². The summed E-state index contributed by atoms with van der Waals surface area (Å²) in [6, 6.07) is 8.48. The Balaban J connectivity index is 1.52. The van der Waals surface area contributed by atoms with Crippen molar-refractivity contribution in [1.29, 1.82) is 0 Å². The van der Waals surface area contributed by atoms with Gasteiger partial charge in [-0.25, -0.2) is 4.90 Å². The number of ether oxygens (including phenoxy) is 2. The number of para-hydroxylation sites is 1. The van der Waals surface area contributed by atoms with Gasteiger partial charge in [-0.05, 0) is 37.1 Å². The summed E-state index contributed by atoms with van der Waals surface area (Å²) in [4.78, 5) is 39.8. The molecule has 1 fully saturated rings. The van der Waals surface area contributed by atoms with E-state index in [1.165, 1.54) is 19.2 Å². The maximum atomic E-state index is 13.2. The normalized spacial score (nSPS) is 19.4. The number of nitrogens with one attached hydrogen (secondary N) is 1. The van der Waals surface area contributed by atoms with Gasteiger partial charge < -0.3 is 14.8 Å². The first kappa shape index (κ1) is 21.3. The predicted octanol–water partition coefficient (Wildman–Crippen LogP) is 2.25. The number of amides is 3. The number of benzene rings is 2. The third kappa shape index (κ3) is 3.53. The first-order valence-corrected chi connectivity index (χ1v) is 9.99. The van der Waals surface area contributed by atoms with Crippen LogP contribution in [0.1, 0.15) is 11.1 Å². The highest BCUT2D eigenvalue weighted by atomic mass is 16.5. The highest BCUT2D eigenvalue weighted by Gasteiger charge is 2.55. The summed E-state index contributed by atoms with van der Waals surface area (Å²) in [6.45, 7) is 3.58. The Morgan fingerprint density at radius 1 is 1.03 bits per heavy atom. The number of fused-ring (bicyclic) bond motifs is 1. The molecule has 166 valence electrons. The largest absolute Gasteiger partial charge is 0.493 e. The van der Waals surface area contributed by atoms with Crippen molar-refractivity contribution in [3.05, 3.63) is 47.5 Å². The molecule has 10 heteroatoms. The maximum absolute atomic E-state index is 13.2. The average molecular weight is 437 g/mol. The zero-order valence-electron chi connectivity index (χ0n) is 18.2. The lowest BCUT2D eigenvalue weighted by molar-refractivity contribution is -0.123. The molecule has 0 aromatic heterocycles. The van der Waals surface area contributed by atoms with E-state index in [0.29, 0.717) is 22.9 Å². The molecule has 10 nitrogen and oxygen atoms in total. The fraction of sp³-hybridized carbons (Fsp3) is 0.318. The number of carbonyl (C=O) groups is 3. The van der Waals surface area contributed by atoms with Gasteiger partial charge in [0.15, 0.2) is 23.6 Å². The summed E-state index contributed by atoms with van der Waals surface area (Å²) >= 11 is 0. The van der Waals surface area contributed by atoms with Gasteiger partial charge in [0.2, 0.25) is 5.91 Å². The van der Waals surface area contributed by atoms with E-state index in [1.807, 2.05) is 32.0 Å². The number of carbonyl (C=O) groups excluding carboxylic acids is 3. The first-order valence-electron chi connectivity index (χ1n) is 9.99. The number of aryl methyl sites for hydroxylation is 2. The monoisotopic (exact) mass is 437 g/mol. The second kappa shape index (κ2) is 8.29. The Bertz CT molecular complexity index is 1110. The fourth-order valence-electron chi connectivity index (χ4n) is 3.91. The molecule has 2 aliphatic rings. The molecule has 0 radical (unpaired) electrons. The van der Waals surface area contributed by atoms with Gasteiger partial charge in [0.1, 0.15) is 6.54 Å². The minimum Gasteiger partial charge on any atom is -0.493 e. The number of hydrogen-bond acceptors (Lipinski definition) is 8. The highest BCUT2D eigenvalue weighted by molar-refractivity contribution is 6.25. The van der Waals surface area contributed by atoms with E-state index in [9.17, 15) is 14.4 Å².